The lowest BCUT2D eigenvalue weighted by Gasteiger charge is -2.21. The Morgan fingerprint density at radius 1 is 1.10 bits per heavy atom. The molecule has 152 valence electrons. The van der Waals surface area contributed by atoms with Crippen LogP contribution in [0.4, 0.5) is 0 Å². The number of nitrogens with zero attached hydrogens (tertiary/aromatic N) is 3. The van der Waals surface area contributed by atoms with Gasteiger partial charge < -0.3 is 19.9 Å². The van der Waals surface area contributed by atoms with Crippen LogP contribution in [0.5, 0.6) is 0 Å². The Morgan fingerprint density at radius 3 is 2.55 bits per heavy atom. The van der Waals surface area contributed by atoms with Gasteiger partial charge in [-0.2, -0.15) is 0 Å². The van der Waals surface area contributed by atoms with Crippen LogP contribution in [0.1, 0.15) is 23.9 Å². The van der Waals surface area contributed by atoms with E-state index in [9.17, 15) is 0 Å². The maximum atomic E-state index is 5.58. The highest BCUT2D eigenvalue weighted by Crippen LogP contribution is 2.16. The van der Waals surface area contributed by atoms with Crippen molar-refractivity contribution >= 4 is 5.96 Å². The highest BCUT2D eigenvalue weighted by atomic mass is 16.5. The third kappa shape index (κ3) is 5.68. The number of aliphatic imine (C=N–C) groups is 1. The number of ether oxygens (including phenoxy) is 1. The van der Waals surface area contributed by atoms with Crippen LogP contribution >= 0.6 is 0 Å². The predicted molar refractivity (Wildman–Crippen MR) is 117 cm³/mol. The first kappa shape index (κ1) is 20.6. The van der Waals surface area contributed by atoms with E-state index in [1.165, 1.54) is 11.1 Å². The Kier molecular flexibility index (Phi) is 7.41. The highest BCUT2D eigenvalue weighted by molar-refractivity contribution is 5.79. The van der Waals surface area contributed by atoms with E-state index < -0.39 is 0 Å². The predicted octanol–water partition coefficient (Wildman–Crippen LogP) is 3.82. The molecule has 0 saturated carbocycles. The molecule has 0 aliphatic carbocycles. The highest BCUT2D eigenvalue weighted by Gasteiger charge is 2.11. The zero-order chi connectivity index (χ0) is 20.5. The molecule has 6 nitrogen and oxygen atoms in total. The van der Waals surface area contributed by atoms with Gasteiger partial charge in [-0.1, -0.05) is 54.6 Å². The lowest BCUT2D eigenvalue weighted by atomic mass is 10.1. The standard InChI is InChI=1S/C23H29N5O/c1-4-29-17-20-13-9-8-12-19(20)14-26-23(24-2)28(3)16-22-25-15-21(27-22)18-10-6-5-7-11-18/h5-13,15H,4,14,16-17H2,1-3H3,(H,24,26)(H,25,27). The van der Waals surface area contributed by atoms with Gasteiger partial charge in [-0.15, -0.1) is 0 Å². The lowest BCUT2D eigenvalue weighted by molar-refractivity contribution is 0.133. The van der Waals surface area contributed by atoms with Gasteiger partial charge in [0.15, 0.2) is 5.96 Å². The first-order valence-corrected chi connectivity index (χ1v) is 9.87. The number of rotatable bonds is 8. The number of aromatic nitrogens is 2. The molecule has 0 spiro atoms. The Bertz CT molecular complexity index is 920. The van der Waals surface area contributed by atoms with Crippen molar-refractivity contribution in [1.29, 1.82) is 0 Å². The molecule has 2 N–H and O–H groups in total. The number of aromatic amines is 1. The van der Waals surface area contributed by atoms with Gasteiger partial charge in [-0.3, -0.25) is 4.99 Å². The van der Waals surface area contributed by atoms with E-state index in [-0.39, 0.29) is 0 Å². The number of H-pyrrole nitrogens is 1. The molecular formula is C23H29N5O. The van der Waals surface area contributed by atoms with E-state index in [1.54, 1.807) is 7.05 Å². The van der Waals surface area contributed by atoms with Crippen molar-refractivity contribution in [2.75, 3.05) is 20.7 Å². The molecule has 1 aromatic heterocycles. The van der Waals surface area contributed by atoms with E-state index in [0.717, 1.165) is 23.0 Å². The minimum absolute atomic E-state index is 0.622. The molecule has 3 aromatic rings. The number of hydrogen-bond donors (Lipinski definition) is 2. The molecule has 0 aliphatic heterocycles. The average Bonchev–Trinajstić information content (AvgIpc) is 3.22. The van der Waals surface area contributed by atoms with Crippen molar-refractivity contribution in [3.63, 3.8) is 0 Å². The molecule has 0 atom stereocenters. The van der Waals surface area contributed by atoms with Crippen LogP contribution in [0.2, 0.25) is 0 Å². The van der Waals surface area contributed by atoms with E-state index >= 15 is 0 Å². The smallest absolute Gasteiger partial charge is 0.194 e. The summed E-state index contributed by atoms with van der Waals surface area (Å²) in [5, 5.41) is 3.44. The molecule has 3 rings (SSSR count). The normalized spacial score (nSPS) is 11.5. The van der Waals surface area contributed by atoms with Gasteiger partial charge in [0, 0.05) is 27.2 Å². The van der Waals surface area contributed by atoms with Crippen LogP contribution in [-0.2, 0) is 24.4 Å². The van der Waals surface area contributed by atoms with Crippen molar-refractivity contribution in [1.82, 2.24) is 20.2 Å². The fraction of sp³-hybridized carbons (Fsp3) is 0.304. The van der Waals surface area contributed by atoms with Crippen molar-refractivity contribution < 1.29 is 4.74 Å². The summed E-state index contributed by atoms with van der Waals surface area (Å²) < 4.78 is 5.58. The summed E-state index contributed by atoms with van der Waals surface area (Å²) in [6.07, 6.45) is 1.87. The molecule has 0 bridgehead atoms. The summed E-state index contributed by atoms with van der Waals surface area (Å²) in [4.78, 5) is 14.4. The first-order chi connectivity index (χ1) is 14.2. The van der Waals surface area contributed by atoms with Crippen LogP contribution in [-0.4, -0.2) is 41.5 Å². The fourth-order valence-corrected chi connectivity index (χ4v) is 3.15. The molecule has 0 aliphatic rings. The van der Waals surface area contributed by atoms with Crippen molar-refractivity contribution in [2.45, 2.75) is 26.6 Å². The van der Waals surface area contributed by atoms with Crippen molar-refractivity contribution in [2.24, 2.45) is 4.99 Å². The van der Waals surface area contributed by atoms with Gasteiger partial charge in [0.05, 0.1) is 25.0 Å². The van der Waals surface area contributed by atoms with Crippen LogP contribution in [0.25, 0.3) is 11.3 Å². The number of benzene rings is 2. The van der Waals surface area contributed by atoms with E-state index in [4.69, 9.17) is 4.74 Å². The zero-order valence-electron chi connectivity index (χ0n) is 17.4. The molecule has 0 radical (unpaired) electrons. The molecule has 2 aromatic carbocycles. The maximum Gasteiger partial charge on any atom is 0.194 e. The summed E-state index contributed by atoms with van der Waals surface area (Å²) in [6, 6.07) is 18.5. The SMILES string of the molecule is CCOCc1ccccc1CNC(=NC)N(C)Cc1ncc(-c2ccccc2)[nH]1. The summed E-state index contributed by atoms with van der Waals surface area (Å²) in [7, 11) is 3.80. The van der Waals surface area contributed by atoms with Crippen LogP contribution in [0.3, 0.4) is 0 Å². The summed E-state index contributed by atoms with van der Waals surface area (Å²) in [5.74, 6) is 1.71. The molecule has 1 heterocycles. The van der Waals surface area contributed by atoms with Crippen LogP contribution in [0.15, 0.2) is 65.8 Å². The number of nitrogens with one attached hydrogen (secondary N) is 2. The molecule has 29 heavy (non-hydrogen) atoms. The van der Waals surface area contributed by atoms with Gasteiger partial charge in [0.2, 0.25) is 0 Å². The Balaban J connectivity index is 1.60. The topological polar surface area (TPSA) is 65.5 Å². The number of imidazole rings is 1. The number of guanidine groups is 1. The quantitative estimate of drug-likeness (QED) is 0.453. The molecule has 0 fully saturated rings. The van der Waals surface area contributed by atoms with Crippen molar-refractivity contribution in [3.05, 3.63) is 77.7 Å². The Hall–Kier alpha value is -3.12. The third-order valence-electron chi connectivity index (χ3n) is 4.69. The minimum atomic E-state index is 0.622. The fourth-order valence-electron chi connectivity index (χ4n) is 3.15. The van der Waals surface area contributed by atoms with Crippen LogP contribution < -0.4 is 5.32 Å². The Labute approximate surface area is 172 Å². The lowest BCUT2D eigenvalue weighted by Crippen LogP contribution is -2.38. The van der Waals surface area contributed by atoms with Gasteiger partial charge >= 0.3 is 0 Å². The molecule has 6 heteroatoms. The number of hydrogen-bond acceptors (Lipinski definition) is 3. The summed E-state index contributed by atoms with van der Waals surface area (Å²) in [6.45, 7) is 4.66. The van der Waals surface area contributed by atoms with Gasteiger partial charge in [0.1, 0.15) is 5.82 Å². The minimum Gasteiger partial charge on any atom is -0.377 e. The average molecular weight is 392 g/mol. The van der Waals surface area contributed by atoms with Gasteiger partial charge in [-0.05, 0) is 23.6 Å². The van der Waals surface area contributed by atoms with Gasteiger partial charge in [0.25, 0.3) is 0 Å². The molecule has 0 amide bonds. The van der Waals surface area contributed by atoms with E-state index in [2.05, 4.69) is 49.4 Å². The zero-order valence-corrected chi connectivity index (χ0v) is 17.4. The maximum absolute atomic E-state index is 5.58. The molecule has 0 saturated heterocycles. The second-order valence-corrected chi connectivity index (χ2v) is 6.77. The third-order valence-corrected chi connectivity index (χ3v) is 4.69. The second-order valence-electron chi connectivity index (χ2n) is 6.77. The second kappa shape index (κ2) is 10.4. The molecule has 0 unspecified atom stereocenters. The van der Waals surface area contributed by atoms with E-state index in [0.29, 0.717) is 26.3 Å². The largest absolute Gasteiger partial charge is 0.377 e. The van der Waals surface area contributed by atoms with E-state index in [1.807, 2.05) is 50.5 Å². The first-order valence-electron chi connectivity index (χ1n) is 9.87. The van der Waals surface area contributed by atoms with Gasteiger partial charge in [-0.25, -0.2) is 4.98 Å². The molecular weight excluding hydrogens is 362 g/mol. The van der Waals surface area contributed by atoms with Crippen LogP contribution in [0, 0.1) is 0 Å². The Morgan fingerprint density at radius 2 is 1.83 bits per heavy atom. The summed E-state index contributed by atoms with van der Waals surface area (Å²) in [5.41, 5.74) is 4.54. The van der Waals surface area contributed by atoms with Crippen molar-refractivity contribution in [3.8, 4) is 11.3 Å². The monoisotopic (exact) mass is 391 g/mol. The summed E-state index contributed by atoms with van der Waals surface area (Å²) >= 11 is 0.